The fourth-order valence-corrected chi connectivity index (χ4v) is 3.51. The maximum Gasteiger partial charge on any atom is 0.120 e. The van der Waals surface area contributed by atoms with Crippen molar-refractivity contribution in [3.05, 3.63) is 59.7 Å². The van der Waals surface area contributed by atoms with Crippen LogP contribution < -0.4 is 5.32 Å². The Bertz CT molecular complexity index is 623. The number of para-hydroxylation sites is 1. The van der Waals surface area contributed by atoms with E-state index in [0.717, 1.165) is 17.7 Å². The second-order valence-corrected chi connectivity index (χ2v) is 7.61. The number of phenols is 1. The first-order chi connectivity index (χ1) is 13.3. The lowest BCUT2D eigenvalue weighted by Gasteiger charge is -2.10. The Kier molecular flexibility index (Phi) is 10.5. The highest BCUT2D eigenvalue weighted by molar-refractivity contribution is 5.45. The first-order valence-electron chi connectivity index (χ1n) is 10.9. The lowest BCUT2D eigenvalue weighted by atomic mass is 10.0. The standard InChI is InChI=1S/C25H37NO/c1-2-3-4-5-6-7-8-9-10-12-15-22-18-19-25(27)23(20-22)21-26-24-16-13-11-14-17-24/h11,13-14,16-20,26-27H,2-10,12,15,21H2,1H3. The van der Waals surface area contributed by atoms with Gasteiger partial charge in [0.1, 0.15) is 5.75 Å². The summed E-state index contributed by atoms with van der Waals surface area (Å²) in [7, 11) is 0. The zero-order chi connectivity index (χ0) is 19.2. The predicted octanol–water partition coefficient (Wildman–Crippen LogP) is 7.47. The Labute approximate surface area is 166 Å². The fourth-order valence-electron chi connectivity index (χ4n) is 3.51. The van der Waals surface area contributed by atoms with Crippen LogP contribution in [0.5, 0.6) is 5.75 Å². The minimum absolute atomic E-state index is 0.380. The van der Waals surface area contributed by atoms with E-state index in [1.807, 2.05) is 36.4 Å². The molecule has 0 atom stereocenters. The molecule has 148 valence electrons. The molecular weight excluding hydrogens is 330 g/mol. The molecule has 2 nitrogen and oxygen atoms in total. The molecule has 0 aliphatic heterocycles. The number of aromatic hydroxyl groups is 1. The number of hydrogen-bond donors (Lipinski definition) is 2. The van der Waals surface area contributed by atoms with Crippen molar-refractivity contribution in [1.29, 1.82) is 0 Å². The molecule has 0 radical (unpaired) electrons. The third-order valence-electron chi connectivity index (χ3n) is 5.22. The lowest BCUT2D eigenvalue weighted by Crippen LogP contribution is -2.00. The van der Waals surface area contributed by atoms with E-state index < -0.39 is 0 Å². The molecule has 2 heteroatoms. The fraction of sp³-hybridized carbons (Fsp3) is 0.520. The number of aryl methyl sites for hydroxylation is 1. The SMILES string of the molecule is CCCCCCCCCCCCc1ccc(O)c(CNc2ccccc2)c1. The Morgan fingerprint density at radius 3 is 2.04 bits per heavy atom. The average Bonchev–Trinajstić information content (AvgIpc) is 2.70. The zero-order valence-corrected chi connectivity index (χ0v) is 17.1. The van der Waals surface area contributed by atoms with Gasteiger partial charge in [-0.2, -0.15) is 0 Å². The van der Waals surface area contributed by atoms with Crippen LogP contribution in [-0.2, 0) is 13.0 Å². The van der Waals surface area contributed by atoms with Gasteiger partial charge < -0.3 is 10.4 Å². The van der Waals surface area contributed by atoms with Gasteiger partial charge in [0.15, 0.2) is 0 Å². The molecule has 2 N–H and O–H groups in total. The summed E-state index contributed by atoms with van der Waals surface area (Å²) in [6.07, 6.45) is 14.8. The molecule has 0 aliphatic carbocycles. The van der Waals surface area contributed by atoms with E-state index >= 15 is 0 Å². The van der Waals surface area contributed by atoms with Crippen molar-refractivity contribution in [1.82, 2.24) is 0 Å². The quantitative estimate of drug-likeness (QED) is 0.339. The van der Waals surface area contributed by atoms with Gasteiger partial charge in [0.25, 0.3) is 0 Å². The van der Waals surface area contributed by atoms with Gasteiger partial charge in [-0.15, -0.1) is 0 Å². The van der Waals surface area contributed by atoms with Gasteiger partial charge in [-0.25, -0.2) is 0 Å². The molecule has 0 saturated heterocycles. The van der Waals surface area contributed by atoms with E-state index in [4.69, 9.17) is 0 Å². The molecule has 2 rings (SSSR count). The summed E-state index contributed by atoms with van der Waals surface area (Å²) in [5.74, 6) is 0.380. The van der Waals surface area contributed by atoms with Gasteiger partial charge in [0.2, 0.25) is 0 Å². The van der Waals surface area contributed by atoms with Gasteiger partial charge >= 0.3 is 0 Å². The Balaban J connectivity index is 1.62. The molecule has 0 aromatic heterocycles. The van der Waals surface area contributed by atoms with Crippen molar-refractivity contribution in [3.8, 4) is 5.75 Å². The number of rotatable bonds is 14. The molecule has 0 spiro atoms. The van der Waals surface area contributed by atoms with Crippen molar-refractivity contribution >= 4 is 5.69 Å². The molecule has 0 heterocycles. The van der Waals surface area contributed by atoms with Gasteiger partial charge in [-0.1, -0.05) is 95.0 Å². The average molecular weight is 368 g/mol. The number of phenolic OH excluding ortho intramolecular Hbond substituents is 1. The molecule has 0 unspecified atom stereocenters. The van der Waals surface area contributed by atoms with Crippen LogP contribution in [0.2, 0.25) is 0 Å². The van der Waals surface area contributed by atoms with Crippen molar-refractivity contribution in [3.63, 3.8) is 0 Å². The molecular formula is C25H37NO. The number of hydrogen-bond acceptors (Lipinski definition) is 2. The van der Waals surface area contributed by atoms with Gasteiger partial charge in [-0.3, -0.25) is 0 Å². The monoisotopic (exact) mass is 367 g/mol. The summed E-state index contributed by atoms with van der Waals surface area (Å²) in [4.78, 5) is 0. The summed E-state index contributed by atoms with van der Waals surface area (Å²) >= 11 is 0. The Morgan fingerprint density at radius 1 is 0.741 bits per heavy atom. The van der Waals surface area contributed by atoms with Gasteiger partial charge in [-0.05, 0) is 36.6 Å². The van der Waals surface area contributed by atoms with Crippen molar-refractivity contribution in [2.24, 2.45) is 0 Å². The van der Waals surface area contributed by atoms with Crippen molar-refractivity contribution < 1.29 is 5.11 Å². The van der Waals surface area contributed by atoms with Crippen LogP contribution in [0.25, 0.3) is 0 Å². The minimum atomic E-state index is 0.380. The molecule has 0 bridgehead atoms. The van der Waals surface area contributed by atoms with E-state index in [-0.39, 0.29) is 0 Å². The van der Waals surface area contributed by atoms with Crippen LogP contribution in [0.1, 0.15) is 82.3 Å². The number of benzene rings is 2. The van der Waals surface area contributed by atoms with E-state index in [0.29, 0.717) is 12.3 Å². The molecule has 2 aromatic rings. The smallest absolute Gasteiger partial charge is 0.120 e. The third kappa shape index (κ3) is 8.99. The normalized spacial score (nSPS) is 10.9. The predicted molar refractivity (Wildman–Crippen MR) is 117 cm³/mol. The first-order valence-corrected chi connectivity index (χ1v) is 10.9. The molecule has 0 saturated carbocycles. The maximum absolute atomic E-state index is 10.1. The zero-order valence-electron chi connectivity index (χ0n) is 17.1. The van der Waals surface area contributed by atoms with Gasteiger partial charge in [0, 0.05) is 17.8 Å². The Morgan fingerprint density at radius 2 is 1.37 bits per heavy atom. The van der Waals surface area contributed by atoms with Crippen LogP contribution in [0, 0.1) is 0 Å². The van der Waals surface area contributed by atoms with Crippen molar-refractivity contribution in [2.45, 2.75) is 84.1 Å². The summed E-state index contributed by atoms with van der Waals surface area (Å²) in [5, 5.41) is 13.5. The number of unbranched alkanes of at least 4 members (excludes halogenated alkanes) is 9. The first kappa shape index (κ1) is 21.3. The largest absolute Gasteiger partial charge is 0.508 e. The third-order valence-corrected chi connectivity index (χ3v) is 5.22. The summed E-state index contributed by atoms with van der Waals surface area (Å²) in [5.41, 5.74) is 3.39. The molecule has 27 heavy (non-hydrogen) atoms. The van der Waals surface area contributed by atoms with Crippen LogP contribution >= 0.6 is 0 Å². The summed E-state index contributed by atoms with van der Waals surface area (Å²) in [6.45, 7) is 2.93. The molecule has 0 aliphatic rings. The summed E-state index contributed by atoms with van der Waals surface area (Å²) < 4.78 is 0. The lowest BCUT2D eigenvalue weighted by molar-refractivity contribution is 0.468. The van der Waals surface area contributed by atoms with E-state index in [2.05, 4.69) is 24.4 Å². The van der Waals surface area contributed by atoms with Crippen LogP contribution in [-0.4, -0.2) is 5.11 Å². The second-order valence-electron chi connectivity index (χ2n) is 7.61. The number of nitrogens with one attached hydrogen (secondary N) is 1. The van der Waals surface area contributed by atoms with E-state index in [1.165, 1.54) is 69.8 Å². The highest BCUT2D eigenvalue weighted by Crippen LogP contribution is 2.21. The van der Waals surface area contributed by atoms with Crippen LogP contribution in [0.4, 0.5) is 5.69 Å². The molecule has 0 amide bonds. The minimum Gasteiger partial charge on any atom is -0.508 e. The number of anilines is 1. The highest BCUT2D eigenvalue weighted by Gasteiger charge is 2.03. The van der Waals surface area contributed by atoms with Crippen molar-refractivity contribution in [2.75, 3.05) is 5.32 Å². The molecule has 2 aromatic carbocycles. The van der Waals surface area contributed by atoms with Gasteiger partial charge in [0.05, 0.1) is 0 Å². The van der Waals surface area contributed by atoms with E-state index in [9.17, 15) is 5.11 Å². The highest BCUT2D eigenvalue weighted by atomic mass is 16.3. The topological polar surface area (TPSA) is 32.3 Å². The second kappa shape index (κ2) is 13.2. The van der Waals surface area contributed by atoms with Crippen LogP contribution in [0.15, 0.2) is 48.5 Å². The molecule has 0 fully saturated rings. The maximum atomic E-state index is 10.1. The summed E-state index contributed by atoms with van der Waals surface area (Å²) in [6, 6.07) is 16.2. The van der Waals surface area contributed by atoms with Crippen LogP contribution in [0.3, 0.4) is 0 Å². The van der Waals surface area contributed by atoms with E-state index in [1.54, 1.807) is 0 Å². The Hall–Kier alpha value is -1.96.